The second kappa shape index (κ2) is 8.40. The van der Waals surface area contributed by atoms with Gasteiger partial charge in [-0.1, -0.05) is 36.4 Å². The molecule has 0 aliphatic carbocycles. The van der Waals surface area contributed by atoms with Gasteiger partial charge in [-0.05, 0) is 24.1 Å². The van der Waals surface area contributed by atoms with Gasteiger partial charge < -0.3 is 14.8 Å². The van der Waals surface area contributed by atoms with Crippen molar-refractivity contribution in [1.29, 1.82) is 0 Å². The zero-order chi connectivity index (χ0) is 19.2. The summed E-state index contributed by atoms with van der Waals surface area (Å²) in [6.45, 7) is 0. The Bertz CT molecular complexity index is 920. The van der Waals surface area contributed by atoms with E-state index in [4.69, 9.17) is 9.47 Å². The molecule has 140 valence electrons. The number of amides is 1. The molecule has 3 aromatic rings. The highest BCUT2D eigenvalue weighted by Gasteiger charge is 2.14. The van der Waals surface area contributed by atoms with Crippen LogP contribution < -0.4 is 14.8 Å². The van der Waals surface area contributed by atoms with Gasteiger partial charge in [-0.25, -0.2) is 0 Å². The Morgan fingerprint density at radius 3 is 2.52 bits per heavy atom. The van der Waals surface area contributed by atoms with Gasteiger partial charge in [0.25, 0.3) is 0 Å². The minimum atomic E-state index is -0.0602. The van der Waals surface area contributed by atoms with Crippen LogP contribution in [0, 0.1) is 0 Å². The van der Waals surface area contributed by atoms with Crippen LogP contribution in [-0.4, -0.2) is 29.9 Å². The lowest BCUT2D eigenvalue weighted by Gasteiger charge is -2.10. The predicted octanol–water partition coefficient (Wildman–Crippen LogP) is 3.68. The van der Waals surface area contributed by atoms with E-state index in [2.05, 4.69) is 10.4 Å². The van der Waals surface area contributed by atoms with Gasteiger partial charge in [0.05, 0.1) is 31.8 Å². The summed E-state index contributed by atoms with van der Waals surface area (Å²) in [6.07, 6.45) is 2.64. The number of nitrogens with zero attached hydrogens (tertiary/aromatic N) is 2. The molecule has 0 saturated carbocycles. The molecule has 6 nitrogen and oxygen atoms in total. The van der Waals surface area contributed by atoms with Gasteiger partial charge in [0.1, 0.15) is 0 Å². The minimum Gasteiger partial charge on any atom is -0.493 e. The highest BCUT2D eigenvalue weighted by atomic mass is 16.5. The van der Waals surface area contributed by atoms with E-state index in [1.54, 1.807) is 25.1 Å². The van der Waals surface area contributed by atoms with Crippen molar-refractivity contribution in [2.75, 3.05) is 19.5 Å². The number of rotatable bonds is 7. The third-order valence-electron chi connectivity index (χ3n) is 4.35. The van der Waals surface area contributed by atoms with Gasteiger partial charge in [-0.15, -0.1) is 0 Å². The number of carbonyl (C=O) groups excluding carboxylic acids is 1. The molecular weight excluding hydrogens is 342 g/mol. The molecular formula is C21H23N3O3. The maximum atomic E-state index is 12.5. The largest absolute Gasteiger partial charge is 0.493 e. The number of ether oxygens (including phenoxy) is 2. The Balaban J connectivity index is 1.67. The van der Waals surface area contributed by atoms with Crippen molar-refractivity contribution in [3.05, 3.63) is 60.3 Å². The summed E-state index contributed by atoms with van der Waals surface area (Å²) in [7, 11) is 5.06. The fourth-order valence-electron chi connectivity index (χ4n) is 2.97. The molecule has 0 radical (unpaired) electrons. The van der Waals surface area contributed by atoms with E-state index < -0.39 is 0 Å². The molecule has 0 aliphatic heterocycles. The van der Waals surface area contributed by atoms with Gasteiger partial charge in [0, 0.05) is 19.0 Å². The summed E-state index contributed by atoms with van der Waals surface area (Å²) in [5.41, 5.74) is 3.61. The fraction of sp³-hybridized carbons (Fsp3) is 0.238. The molecule has 3 rings (SSSR count). The molecule has 0 spiro atoms. The van der Waals surface area contributed by atoms with E-state index in [0.717, 1.165) is 16.8 Å². The predicted molar refractivity (Wildman–Crippen MR) is 105 cm³/mol. The van der Waals surface area contributed by atoms with Crippen LogP contribution in [0.2, 0.25) is 0 Å². The Morgan fingerprint density at radius 1 is 1.07 bits per heavy atom. The highest BCUT2D eigenvalue weighted by Crippen LogP contribution is 2.29. The average molecular weight is 365 g/mol. The lowest BCUT2D eigenvalue weighted by Crippen LogP contribution is -2.13. The van der Waals surface area contributed by atoms with Crippen LogP contribution in [0.3, 0.4) is 0 Å². The first-order chi connectivity index (χ1) is 13.1. The van der Waals surface area contributed by atoms with Crippen molar-refractivity contribution >= 4 is 11.6 Å². The topological polar surface area (TPSA) is 65.4 Å². The monoisotopic (exact) mass is 365 g/mol. The molecule has 1 aromatic heterocycles. The Kier molecular flexibility index (Phi) is 5.76. The van der Waals surface area contributed by atoms with Gasteiger partial charge >= 0.3 is 0 Å². The summed E-state index contributed by atoms with van der Waals surface area (Å²) < 4.78 is 12.3. The molecule has 0 fully saturated rings. The van der Waals surface area contributed by atoms with Crippen molar-refractivity contribution in [3.63, 3.8) is 0 Å². The number of aromatic nitrogens is 2. The van der Waals surface area contributed by atoms with Gasteiger partial charge in [0.15, 0.2) is 11.5 Å². The molecule has 2 aromatic carbocycles. The van der Waals surface area contributed by atoms with Crippen molar-refractivity contribution < 1.29 is 14.3 Å². The number of carbonyl (C=O) groups is 1. The summed E-state index contributed by atoms with van der Waals surface area (Å²) in [5, 5.41) is 7.25. The van der Waals surface area contributed by atoms with E-state index in [1.165, 1.54) is 0 Å². The zero-order valence-electron chi connectivity index (χ0n) is 15.7. The van der Waals surface area contributed by atoms with E-state index in [9.17, 15) is 4.79 Å². The maximum Gasteiger partial charge on any atom is 0.224 e. The Hall–Kier alpha value is -3.28. The van der Waals surface area contributed by atoms with Crippen LogP contribution in [0.25, 0.3) is 11.3 Å². The maximum absolute atomic E-state index is 12.5. The summed E-state index contributed by atoms with van der Waals surface area (Å²) in [5.74, 6) is 1.28. The molecule has 0 saturated heterocycles. The first kappa shape index (κ1) is 18.5. The van der Waals surface area contributed by atoms with Crippen LogP contribution in [-0.2, 0) is 18.3 Å². The Morgan fingerprint density at radius 2 is 1.81 bits per heavy atom. The van der Waals surface area contributed by atoms with E-state index in [1.807, 2.05) is 55.6 Å². The number of anilines is 1. The summed E-state index contributed by atoms with van der Waals surface area (Å²) >= 11 is 0. The van der Waals surface area contributed by atoms with Crippen LogP contribution in [0.1, 0.15) is 12.0 Å². The van der Waals surface area contributed by atoms with Gasteiger partial charge in [0.2, 0.25) is 5.91 Å². The second-order valence-electron chi connectivity index (χ2n) is 6.13. The first-order valence-electron chi connectivity index (χ1n) is 8.70. The van der Waals surface area contributed by atoms with Crippen LogP contribution in [0.5, 0.6) is 11.5 Å². The third-order valence-corrected chi connectivity index (χ3v) is 4.35. The van der Waals surface area contributed by atoms with Crippen LogP contribution in [0.4, 0.5) is 5.69 Å². The SMILES string of the molecule is COc1ccc(CCC(=O)Nc2cnn(C)c2-c2ccccc2)cc1OC. The Labute approximate surface area is 158 Å². The molecule has 0 aliphatic rings. The molecule has 6 heteroatoms. The first-order valence-corrected chi connectivity index (χ1v) is 8.70. The highest BCUT2D eigenvalue weighted by molar-refractivity contribution is 5.94. The molecule has 27 heavy (non-hydrogen) atoms. The van der Waals surface area contributed by atoms with Crippen molar-refractivity contribution in [3.8, 4) is 22.8 Å². The van der Waals surface area contributed by atoms with Crippen molar-refractivity contribution in [2.24, 2.45) is 7.05 Å². The minimum absolute atomic E-state index is 0.0602. The molecule has 1 N–H and O–H groups in total. The lowest BCUT2D eigenvalue weighted by atomic mass is 10.1. The quantitative estimate of drug-likeness (QED) is 0.694. The molecule has 1 heterocycles. The summed E-state index contributed by atoms with van der Waals surface area (Å²) in [4.78, 5) is 12.5. The standard InChI is InChI=1S/C21H23N3O3/c1-24-21(16-7-5-4-6-8-16)17(14-22-24)23-20(25)12-10-15-9-11-18(26-2)19(13-15)27-3/h4-9,11,13-14H,10,12H2,1-3H3,(H,23,25). The molecule has 1 amide bonds. The van der Waals surface area contributed by atoms with E-state index in [0.29, 0.717) is 30.0 Å². The molecule has 0 unspecified atom stereocenters. The number of hydrogen-bond acceptors (Lipinski definition) is 4. The molecule has 0 atom stereocenters. The number of methoxy groups -OCH3 is 2. The fourth-order valence-corrected chi connectivity index (χ4v) is 2.97. The second-order valence-corrected chi connectivity index (χ2v) is 6.13. The molecule has 0 bridgehead atoms. The normalized spacial score (nSPS) is 10.5. The van der Waals surface area contributed by atoms with Crippen LogP contribution >= 0.6 is 0 Å². The van der Waals surface area contributed by atoms with Crippen molar-refractivity contribution in [1.82, 2.24) is 9.78 Å². The zero-order valence-corrected chi connectivity index (χ0v) is 15.7. The third kappa shape index (κ3) is 4.28. The van der Waals surface area contributed by atoms with Gasteiger partial charge in [-0.3, -0.25) is 9.48 Å². The van der Waals surface area contributed by atoms with E-state index >= 15 is 0 Å². The van der Waals surface area contributed by atoms with Crippen molar-refractivity contribution in [2.45, 2.75) is 12.8 Å². The van der Waals surface area contributed by atoms with Crippen LogP contribution in [0.15, 0.2) is 54.7 Å². The lowest BCUT2D eigenvalue weighted by molar-refractivity contribution is -0.116. The number of hydrogen-bond donors (Lipinski definition) is 1. The smallest absolute Gasteiger partial charge is 0.224 e. The number of aryl methyl sites for hydroxylation is 2. The number of nitrogens with one attached hydrogen (secondary N) is 1. The van der Waals surface area contributed by atoms with E-state index in [-0.39, 0.29) is 5.91 Å². The van der Waals surface area contributed by atoms with Gasteiger partial charge in [-0.2, -0.15) is 5.10 Å². The average Bonchev–Trinajstić information content (AvgIpc) is 3.06. The number of benzene rings is 2. The summed E-state index contributed by atoms with van der Waals surface area (Å²) in [6, 6.07) is 15.6.